The third-order valence-electron chi connectivity index (χ3n) is 7.17. The van der Waals surface area contributed by atoms with E-state index in [4.69, 9.17) is 23.7 Å². The fraction of sp³-hybridized carbons (Fsp3) is 0.667. The molecule has 41 heavy (non-hydrogen) atoms. The maximum Gasteiger partial charge on any atom is 0.119 e. The molecule has 0 aromatic heterocycles. The Labute approximate surface area is 251 Å². The summed E-state index contributed by atoms with van der Waals surface area (Å²) in [4.78, 5) is 0. The van der Waals surface area contributed by atoms with Crippen LogP contribution < -0.4 is 18.9 Å². The molecule has 0 fully saturated rings. The van der Waals surface area contributed by atoms with Crippen molar-refractivity contribution < 1.29 is 23.7 Å². The van der Waals surface area contributed by atoms with Gasteiger partial charge in [-0.25, -0.2) is 0 Å². The van der Waals surface area contributed by atoms with Gasteiger partial charge in [0.25, 0.3) is 0 Å². The summed E-state index contributed by atoms with van der Waals surface area (Å²) in [5.41, 5.74) is 0. The molecule has 0 aliphatic rings. The average Bonchev–Trinajstić information content (AvgIpc) is 3.00. The van der Waals surface area contributed by atoms with Crippen molar-refractivity contribution in [2.45, 2.75) is 117 Å². The molecule has 0 aliphatic carbocycles. The third kappa shape index (κ3) is 19.4. The topological polar surface area (TPSA) is 46.2 Å². The highest BCUT2D eigenvalue weighted by atomic mass is 16.5. The number of ether oxygens (including phenoxy) is 5. The number of rotatable bonds is 28. The zero-order valence-corrected chi connectivity index (χ0v) is 26.2. The molecule has 0 unspecified atom stereocenters. The molecule has 0 atom stereocenters. The van der Waals surface area contributed by atoms with E-state index < -0.39 is 0 Å². The highest BCUT2D eigenvalue weighted by Crippen LogP contribution is 2.19. The van der Waals surface area contributed by atoms with Gasteiger partial charge in [0.05, 0.1) is 26.4 Å². The summed E-state index contributed by atoms with van der Waals surface area (Å²) in [6.45, 7) is 8.13. The highest BCUT2D eigenvalue weighted by Gasteiger charge is 2.00. The lowest BCUT2D eigenvalue weighted by atomic mass is 10.1. The van der Waals surface area contributed by atoms with Gasteiger partial charge in [-0.3, -0.25) is 0 Å². The van der Waals surface area contributed by atoms with Crippen molar-refractivity contribution in [3.05, 3.63) is 48.5 Å². The molecule has 2 rings (SSSR count). The Morgan fingerprint density at radius 3 is 0.902 bits per heavy atom. The maximum atomic E-state index is 5.86. The van der Waals surface area contributed by atoms with Gasteiger partial charge in [-0.2, -0.15) is 0 Å². The lowest BCUT2D eigenvalue weighted by Crippen LogP contribution is -2.12. The van der Waals surface area contributed by atoms with Gasteiger partial charge in [0.1, 0.15) is 36.2 Å². The summed E-state index contributed by atoms with van der Waals surface area (Å²) >= 11 is 0. The van der Waals surface area contributed by atoms with E-state index in [0.717, 1.165) is 49.1 Å². The predicted octanol–water partition coefficient (Wildman–Crippen LogP) is 10.2. The Kier molecular flexibility index (Phi) is 21.5. The molecule has 0 spiro atoms. The van der Waals surface area contributed by atoms with Gasteiger partial charge in [0.2, 0.25) is 0 Å². The monoisotopic (exact) mass is 570 g/mol. The Morgan fingerprint density at radius 2 is 0.585 bits per heavy atom. The quantitative estimate of drug-likeness (QED) is 0.0952. The molecular weight excluding hydrogens is 512 g/mol. The van der Waals surface area contributed by atoms with Crippen molar-refractivity contribution in [1.29, 1.82) is 0 Å². The molecule has 0 aliphatic heterocycles. The van der Waals surface area contributed by atoms with E-state index in [1.807, 2.05) is 48.5 Å². The smallest absolute Gasteiger partial charge is 0.119 e. The van der Waals surface area contributed by atoms with E-state index in [2.05, 4.69) is 13.8 Å². The Bertz CT molecular complexity index is 751. The van der Waals surface area contributed by atoms with Gasteiger partial charge in [-0.1, -0.05) is 104 Å². The molecule has 2 aromatic rings. The lowest BCUT2D eigenvalue weighted by Gasteiger charge is -2.10. The first kappa shape index (κ1) is 34.8. The van der Waals surface area contributed by atoms with Gasteiger partial charge in [0, 0.05) is 0 Å². The van der Waals surface area contributed by atoms with Crippen molar-refractivity contribution in [2.75, 3.05) is 39.6 Å². The van der Waals surface area contributed by atoms with Crippen LogP contribution in [0.5, 0.6) is 23.0 Å². The first-order chi connectivity index (χ1) is 20.3. The molecule has 0 amide bonds. The van der Waals surface area contributed by atoms with E-state index in [1.54, 1.807) is 0 Å². The van der Waals surface area contributed by atoms with Crippen LogP contribution in [0, 0.1) is 0 Å². The van der Waals surface area contributed by atoms with Crippen LogP contribution in [-0.2, 0) is 4.74 Å². The summed E-state index contributed by atoms with van der Waals surface area (Å²) in [7, 11) is 0. The number of benzene rings is 2. The van der Waals surface area contributed by atoms with Crippen LogP contribution in [0.2, 0.25) is 0 Å². The summed E-state index contributed by atoms with van der Waals surface area (Å²) < 4.78 is 28.9. The Balaban J connectivity index is 1.40. The van der Waals surface area contributed by atoms with E-state index in [0.29, 0.717) is 26.4 Å². The molecule has 0 saturated carbocycles. The van der Waals surface area contributed by atoms with Crippen LogP contribution in [0.4, 0.5) is 0 Å². The van der Waals surface area contributed by atoms with Gasteiger partial charge >= 0.3 is 0 Å². The SMILES string of the molecule is CCCCCCCCCCOc1ccc(OCCOCCOc2ccc(OCCCCCCCCCC)cc2)cc1. The van der Waals surface area contributed by atoms with Gasteiger partial charge in [-0.15, -0.1) is 0 Å². The van der Waals surface area contributed by atoms with Crippen LogP contribution in [0.15, 0.2) is 48.5 Å². The number of hydrogen-bond donors (Lipinski definition) is 0. The van der Waals surface area contributed by atoms with Crippen molar-refractivity contribution in [1.82, 2.24) is 0 Å². The molecule has 232 valence electrons. The lowest BCUT2D eigenvalue weighted by molar-refractivity contribution is 0.0764. The van der Waals surface area contributed by atoms with Crippen molar-refractivity contribution in [2.24, 2.45) is 0 Å². The second-order valence-electron chi connectivity index (χ2n) is 10.9. The van der Waals surface area contributed by atoms with Crippen molar-refractivity contribution in [3.8, 4) is 23.0 Å². The van der Waals surface area contributed by atoms with Crippen molar-refractivity contribution >= 4 is 0 Å². The summed E-state index contributed by atoms with van der Waals surface area (Å²) in [5.74, 6) is 3.46. The average molecular weight is 571 g/mol. The van der Waals surface area contributed by atoms with Crippen LogP contribution >= 0.6 is 0 Å². The predicted molar refractivity (Wildman–Crippen MR) is 171 cm³/mol. The zero-order chi connectivity index (χ0) is 29.1. The molecule has 0 N–H and O–H groups in total. The minimum absolute atomic E-state index is 0.503. The van der Waals surface area contributed by atoms with E-state index in [9.17, 15) is 0 Å². The molecule has 2 aromatic carbocycles. The highest BCUT2D eigenvalue weighted by molar-refractivity contribution is 5.32. The first-order valence-electron chi connectivity index (χ1n) is 16.6. The fourth-order valence-electron chi connectivity index (χ4n) is 4.66. The van der Waals surface area contributed by atoms with E-state index >= 15 is 0 Å². The van der Waals surface area contributed by atoms with Crippen LogP contribution in [0.25, 0.3) is 0 Å². The molecule has 5 nitrogen and oxygen atoms in total. The second-order valence-corrected chi connectivity index (χ2v) is 10.9. The van der Waals surface area contributed by atoms with Gasteiger partial charge < -0.3 is 23.7 Å². The van der Waals surface area contributed by atoms with Crippen LogP contribution in [0.3, 0.4) is 0 Å². The third-order valence-corrected chi connectivity index (χ3v) is 7.17. The minimum atomic E-state index is 0.503. The molecule has 0 heterocycles. The number of unbranched alkanes of at least 4 members (excludes halogenated alkanes) is 14. The molecule has 0 radical (unpaired) electrons. The molecule has 0 saturated heterocycles. The molecule has 0 bridgehead atoms. The summed E-state index contributed by atoms with van der Waals surface area (Å²) in [6, 6.07) is 15.7. The maximum absolute atomic E-state index is 5.86. The van der Waals surface area contributed by atoms with Crippen LogP contribution in [0.1, 0.15) is 117 Å². The minimum Gasteiger partial charge on any atom is -0.494 e. The van der Waals surface area contributed by atoms with Crippen molar-refractivity contribution in [3.63, 3.8) is 0 Å². The normalized spacial score (nSPS) is 11.0. The van der Waals surface area contributed by atoms with E-state index in [-0.39, 0.29) is 0 Å². The molecule has 5 heteroatoms. The second kappa shape index (κ2) is 25.3. The Hall–Kier alpha value is -2.40. The summed E-state index contributed by atoms with van der Waals surface area (Å²) in [6.07, 6.45) is 21.0. The van der Waals surface area contributed by atoms with Gasteiger partial charge in [0.15, 0.2) is 0 Å². The zero-order valence-electron chi connectivity index (χ0n) is 26.2. The van der Waals surface area contributed by atoms with E-state index in [1.165, 1.54) is 89.9 Å². The van der Waals surface area contributed by atoms with Crippen LogP contribution in [-0.4, -0.2) is 39.6 Å². The summed E-state index contributed by atoms with van der Waals surface area (Å²) in [5, 5.41) is 0. The standard InChI is InChI=1S/C36H58O5/c1-3-5-7-9-11-13-15-17-27-38-33-19-23-35(24-20-33)40-31-29-37-30-32-41-36-25-21-34(22-26-36)39-28-18-16-14-12-10-8-6-4-2/h19-26H,3-18,27-32H2,1-2H3. The first-order valence-corrected chi connectivity index (χ1v) is 16.6. The van der Waals surface area contributed by atoms with Gasteiger partial charge in [-0.05, 0) is 61.4 Å². The Morgan fingerprint density at radius 1 is 0.317 bits per heavy atom. The largest absolute Gasteiger partial charge is 0.494 e. The number of hydrogen-bond acceptors (Lipinski definition) is 5. The molecular formula is C36H58O5. The fourth-order valence-corrected chi connectivity index (χ4v) is 4.66.